The molecule has 1 amide bonds. The molecule has 0 aliphatic rings. The summed E-state index contributed by atoms with van der Waals surface area (Å²) in [6.45, 7) is 3.42. The molecule has 4 N–H and O–H groups in total. The summed E-state index contributed by atoms with van der Waals surface area (Å²) in [7, 11) is -15.0. The number of nitrogens with one attached hydrogen (secondary N) is 1. The first kappa shape index (κ1) is 32.5. The minimum absolute atomic E-state index is 0.0336. The second-order valence-corrected chi connectivity index (χ2v) is 14.5. The van der Waals surface area contributed by atoms with Crippen LogP contribution in [0.3, 0.4) is 0 Å². The Morgan fingerprint density at radius 2 is 1.26 bits per heavy atom. The summed E-state index contributed by atoms with van der Waals surface area (Å²) in [6.07, 6.45) is 2.47. The Balaban J connectivity index is 1.76. The van der Waals surface area contributed by atoms with E-state index in [2.05, 4.69) is 5.32 Å². The highest BCUT2D eigenvalue weighted by molar-refractivity contribution is 7.87. The van der Waals surface area contributed by atoms with E-state index < -0.39 is 57.6 Å². The van der Waals surface area contributed by atoms with Gasteiger partial charge in [0.15, 0.2) is 6.61 Å². The molecule has 0 unspecified atom stereocenters. The van der Waals surface area contributed by atoms with Crippen LogP contribution in [0.15, 0.2) is 51.1 Å². The lowest BCUT2D eigenvalue weighted by Gasteiger charge is -2.19. The van der Waals surface area contributed by atoms with Gasteiger partial charge in [0, 0.05) is 51.2 Å². The Labute approximate surface area is 247 Å². The van der Waals surface area contributed by atoms with E-state index in [0.717, 1.165) is 18.2 Å². The quantitative estimate of drug-likeness (QED) is 0.0922. The molecule has 43 heavy (non-hydrogen) atoms. The van der Waals surface area contributed by atoms with Gasteiger partial charge in [-0.05, 0) is 37.1 Å². The van der Waals surface area contributed by atoms with Gasteiger partial charge in [-0.1, -0.05) is 32.4 Å². The van der Waals surface area contributed by atoms with E-state index in [-0.39, 0.29) is 49.8 Å². The first-order chi connectivity index (χ1) is 19.9. The van der Waals surface area contributed by atoms with Crippen LogP contribution in [0, 0.1) is 5.92 Å². The molecule has 0 atom stereocenters. The van der Waals surface area contributed by atoms with Crippen LogP contribution in [0.1, 0.15) is 39.5 Å². The number of carbonyl (C=O) groups is 2. The van der Waals surface area contributed by atoms with Crippen molar-refractivity contribution in [3.05, 3.63) is 36.4 Å². The van der Waals surface area contributed by atoms with Crippen molar-refractivity contribution in [2.75, 3.05) is 13.2 Å². The van der Waals surface area contributed by atoms with Gasteiger partial charge in [0.2, 0.25) is 0 Å². The fourth-order valence-electron chi connectivity index (χ4n) is 4.94. The average molecular weight is 656 g/mol. The summed E-state index contributed by atoms with van der Waals surface area (Å²) in [5.41, 5.74) is 0. The minimum atomic E-state index is -5.13. The van der Waals surface area contributed by atoms with Crippen LogP contribution >= 0.6 is 0 Å². The van der Waals surface area contributed by atoms with Gasteiger partial charge in [0.1, 0.15) is 26.2 Å². The molecule has 0 bridgehead atoms. The van der Waals surface area contributed by atoms with E-state index in [1.807, 2.05) is 13.8 Å². The first-order valence-corrected chi connectivity index (χ1v) is 17.4. The number of unbranched alkanes of at least 4 members (excludes halogenated alkanes) is 2. The molecule has 4 aromatic rings. The lowest BCUT2D eigenvalue weighted by atomic mass is 9.93. The van der Waals surface area contributed by atoms with Crippen molar-refractivity contribution in [2.45, 2.75) is 54.2 Å². The van der Waals surface area contributed by atoms with Crippen LogP contribution in [0.5, 0.6) is 5.75 Å². The largest absolute Gasteiger partial charge is 0.483 e. The molecule has 232 valence electrons. The van der Waals surface area contributed by atoms with Crippen LogP contribution < -0.4 is 10.1 Å². The molecular weight excluding hydrogens is 626 g/mol. The average Bonchev–Trinajstić information content (AvgIpc) is 2.89. The Kier molecular flexibility index (Phi) is 9.02. The molecule has 0 spiro atoms. The topological polar surface area (TPSA) is 219 Å². The van der Waals surface area contributed by atoms with E-state index in [1.165, 1.54) is 12.1 Å². The summed E-state index contributed by atoms with van der Waals surface area (Å²) in [5, 5.41) is 1.94. The summed E-state index contributed by atoms with van der Waals surface area (Å²) >= 11 is 0. The third-order valence-electron chi connectivity index (χ3n) is 7.00. The molecule has 0 saturated heterocycles. The highest BCUT2D eigenvalue weighted by Gasteiger charge is 2.28. The van der Waals surface area contributed by atoms with Crippen LogP contribution in [-0.2, 0) is 39.9 Å². The first-order valence-electron chi connectivity index (χ1n) is 13.0. The molecule has 0 radical (unpaired) electrons. The van der Waals surface area contributed by atoms with E-state index >= 15 is 0 Å². The maximum Gasteiger partial charge on any atom is 0.295 e. The lowest BCUT2D eigenvalue weighted by Crippen LogP contribution is -2.29. The van der Waals surface area contributed by atoms with Gasteiger partial charge >= 0.3 is 0 Å². The Morgan fingerprint density at radius 1 is 0.721 bits per heavy atom. The Bertz CT molecular complexity index is 2070. The second kappa shape index (κ2) is 11.9. The number of hydrogen-bond acceptors (Lipinski definition) is 9. The molecule has 4 rings (SSSR count). The van der Waals surface area contributed by atoms with Crippen molar-refractivity contribution in [3.63, 3.8) is 0 Å². The number of carbonyl (C=O) groups excluding carboxylic acids is 2. The number of Topliss-reactive ketones (excluding diaryl/α,β-unsaturated/α-hetero) is 1. The molecular formula is C27H29NO12S3. The van der Waals surface area contributed by atoms with E-state index in [1.54, 1.807) is 0 Å². The van der Waals surface area contributed by atoms with Crippen molar-refractivity contribution in [1.82, 2.24) is 5.32 Å². The number of amides is 1. The molecule has 0 aliphatic heterocycles. The van der Waals surface area contributed by atoms with Gasteiger partial charge in [-0.3, -0.25) is 23.2 Å². The van der Waals surface area contributed by atoms with Gasteiger partial charge < -0.3 is 10.1 Å². The third-order valence-corrected chi connectivity index (χ3v) is 9.70. The van der Waals surface area contributed by atoms with Crippen LogP contribution in [0.4, 0.5) is 0 Å². The summed E-state index contributed by atoms with van der Waals surface area (Å²) in [6, 6.07) is 6.28. The fraction of sp³-hybridized carbons (Fsp3) is 0.333. The SMILES string of the molecule is CC(C)C(=O)CCCCCNC(=O)COc1cc2c(S(=O)(=O)O)cc(S(=O)(=O)O)c3ccc4c(S(=O)(=O)O)ccc1c4c32. The minimum Gasteiger partial charge on any atom is -0.483 e. The zero-order valence-corrected chi connectivity index (χ0v) is 25.5. The van der Waals surface area contributed by atoms with Gasteiger partial charge in [0.05, 0.1) is 0 Å². The Morgan fingerprint density at radius 3 is 1.84 bits per heavy atom. The van der Waals surface area contributed by atoms with Gasteiger partial charge in [-0.2, -0.15) is 25.3 Å². The standard InChI is InChI=1S/C27H29NO12S3/c1-15(2)20(29)6-4-3-5-11-28-25(30)14-40-21-12-19-24(43(37,38)39)13-23(42(34,35)36)18-8-7-17-22(41(31,32)33)10-9-16(21)26(17)27(18)19/h7-10,12-13,15H,3-6,11,14H2,1-2H3,(H,28,30)(H,31,32,33)(H,34,35,36)(H,37,38,39). The van der Waals surface area contributed by atoms with Crippen molar-refractivity contribution in [3.8, 4) is 5.75 Å². The predicted molar refractivity (Wildman–Crippen MR) is 156 cm³/mol. The molecule has 16 heteroatoms. The third kappa shape index (κ3) is 6.89. The molecule has 0 heterocycles. The molecule has 13 nitrogen and oxygen atoms in total. The molecule has 4 aromatic carbocycles. The van der Waals surface area contributed by atoms with E-state index in [4.69, 9.17) is 4.74 Å². The molecule has 0 aromatic heterocycles. The van der Waals surface area contributed by atoms with Crippen molar-refractivity contribution in [1.29, 1.82) is 0 Å². The van der Waals surface area contributed by atoms with Gasteiger partial charge in [0.25, 0.3) is 36.3 Å². The number of rotatable bonds is 13. The van der Waals surface area contributed by atoms with Crippen molar-refractivity contribution >= 4 is 74.4 Å². The van der Waals surface area contributed by atoms with Gasteiger partial charge in [-0.25, -0.2) is 0 Å². The zero-order valence-electron chi connectivity index (χ0n) is 23.0. The number of hydrogen-bond donors (Lipinski definition) is 4. The van der Waals surface area contributed by atoms with Crippen LogP contribution in [-0.4, -0.2) is 63.8 Å². The van der Waals surface area contributed by atoms with Gasteiger partial charge in [-0.15, -0.1) is 0 Å². The predicted octanol–water partition coefficient (Wildman–Crippen LogP) is 3.60. The summed E-state index contributed by atoms with van der Waals surface area (Å²) in [4.78, 5) is 21.8. The maximum absolute atomic E-state index is 12.5. The Hall–Kier alpha value is -3.41. The number of benzene rings is 4. The van der Waals surface area contributed by atoms with Crippen LogP contribution in [0.25, 0.3) is 32.3 Å². The molecule has 0 fully saturated rings. The lowest BCUT2D eigenvalue weighted by molar-refractivity contribution is -0.123. The van der Waals surface area contributed by atoms with Crippen molar-refractivity contribution in [2.24, 2.45) is 5.92 Å². The second-order valence-electron chi connectivity index (χ2n) is 10.3. The highest BCUT2D eigenvalue weighted by atomic mass is 32.2. The normalized spacial score (nSPS) is 12.9. The molecule has 0 aliphatic carbocycles. The number of ether oxygens (including phenoxy) is 1. The highest BCUT2D eigenvalue weighted by Crippen LogP contribution is 2.45. The van der Waals surface area contributed by atoms with E-state index in [9.17, 15) is 48.5 Å². The molecule has 0 saturated carbocycles. The maximum atomic E-state index is 12.5. The number of ketones is 1. The van der Waals surface area contributed by atoms with E-state index in [0.29, 0.717) is 38.3 Å². The smallest absolute Gasteiger partial charge is 0.295 e. The summed E-state index contributed by atoms with van der Waals surface area (Å²) in [5.74, 6) is -0.515. The summed E-state index contributed by atoms with van der Waals surface area (Å²) < 4.78 is 109. The monoisotopic (exact) mass is 655 g/mol. The van der Waals surface area contributed by atoms with Crippen molar-refractivity contribution < 1.29 is 53.2 Å². The zero-order chi connectivity index (χ0) is 31.9. The fourth-order valence-corrected chi connectivity index (χ4v) is 7.13. The van der Waals surface area contributed by atoms with Crippen LogP contribution in [0.2, 0.25) is 0 Å².